The third kappa shape index (κ3) is 3.58. The van der Waals surface area contributed by atoms with Gasteiger partial charge in [0.25, 0.3) is 0 Å². The van der Waals surface area contributed by atoms with Crippen molar-refractivity contribution in [2.75, 3.05) is 11.1 Å². The van der Waals surface area contributed by atoms with E-state index in [1.165, 1.54) is 12.4 Å². The lowest BCUT2D eigenvalue weighted by atomic mass is 9.93. The SMILES string of the molecule is Nc1cc(OC2CCC(Nc3ncc(O)cn3)CC2)c2nccnc2c1. The Morgan fingerprint density at radius 1 is 1.00 bits per heavy atom. The van der Waals surface area contributed by atoms with E-state index in [1.807, 2.05) is 6.07 Å². The molecule has 134 valence electrons. The third-order valence-electron chi connectivity index (χ3n) is 4.50. The Balaban J connectivity index is 1.39. The van der Waals surface area contributed by atoms with E-state index in [0.29, 0.717) is 17.4 Å². The average Bonchev–Trinajstić information content (AvgIpc) is 2.65. The smallest absolute Gasteiger partial charge is 0.223 e. The summed E-state index contributed by atoms with van der Waals surface area (Å²) in [5.41, 5.74) is 8.05. The number of fused-ring (bicyclic) bond motifs is 1. The summed E-state index contributed by atoms with van der Waals surface area (Å²) in [5.74, 6) is 1.28. The van der Waals surface area contributed by atoms with Gasteiger partial charge in [-0.05, 0) is 31.7 Å². The van der Waals surface area contributed by atoms with Crippen LogP contribution in [0, 0.1) is 0 Å². The van der Waals surface area contributed by atoms with Crippen molar-refractivity contribution >= 4 is 22.7 Å². The zero-order valence-corrected chi connectivity index (χ0v) is 14.2. The molecule has 0 aliphatic heterocycles. The second-order valence-electron chi connectivity index (χ2n) is 6.44. The number of rotatable bonds is 4. The number of aromatic nitrogens is 4. The van der Waals surface area contributed by atoms with E-state index in [4.69, 9.17) is 10.5 Å². The van der Waals surface area contributed by atoms with Crippen LogP contribution in [0.25, 0.3) is 11.0 Å². The second kappa shape index (κ2) is 6.99. The zero-order valence-electron chi connectivity index (χ0n) is 14.2. The van der Waals surface area contributed by atoms with E-state index >= 15 is 0 Å². The number of aromatic hydroxyl groups is 1. The maximum atomic E-state index is 9.24. The van der Waals surface area contributed by atoms with E-state index in [1.54, 1.807) is 18.5 Å². The molecule has 2 heterocycles. The van der Waals surface area contributed by atoms with Crippen molar-refractivity contribution in [3.05, 3.63) is 36.9 Å². The molecule has 0 unspecified atom stereocenters. The quantitative estimate of drug-likeness (QED) is 0.613. The fourth-order valence-corrected chi connectivity index (χ4v) is 3.24. The first-order chi connectivity index (χ1) is 12.7. The van der Waals surface area contributed by atoms with Crippen molar-refractivity contribution in [2.45, 2.75) is 37.8 Å². The number of nitrogens with one attached hydrogen (secondary N) is 1. The van der Waals surface area contributed by atoms with E-state index in [2.05, 4.69) is 25.3 Å². The molecule has 4 rings (SSSR count). The van der Waals surface area contributed by atoms with Crippen LogP contribution in [0.5, 0.6) is 11.5 Å². The van der Waals surface area contributed by atoms with Crippen LogP contribution in [0.15, 0.2) is 36.9 Å². The molecule has 1 aromatic carbocycles. The maximum absolute atomic E-state index is 9.24. The van der Waals surface area contributed by atoms with Gasteiger partial charge in [0.2, 0.25) is 5.95 Å². The van der Waals surface area contributed by atoms with E-state index in [0.717, 1.165) is 36.7 Å². The van der Waals surface area contributed by atoms with E-state index in [-0.39, 0.29) is 17.9 Å². The molecule has 1 fully saturated rings. The van der Waals surface area contributed by atoms with Gasteiger partial charge in [-0.1, -0.05) is 0 Å². The van der Waals surface area contributed by atoms with Crippen LogP contribution in [-0.2, 0) is 0 Å². The van der Waals surface area contributed by atoms with Crippen LogP contribution in [0.2, 0.25) is 0 Å². The summed E-state index contributed by atoms with van der Waals surface area (Å²) in [4.78, 5) is 16.8. The molecule has 0 amide bonds. The first kappa shape index (κ1) is 16.3. The molecular weight excluding hydrogens is 332 g/mol. The molecule has 4 N–H and O–H groups in total. The molecule has 1 saturated carbocycles. The minimum Gasteiger partial charge on any atom is -0.505 e. The topological polar surface area (TPSA) is 119 Å². The number of nitrogens with zero attached hydrogens (tertiary/aromatic N) is 4. The normalized spacial score (nSPS) is 20.0. The molecule has 3 aromatic rings. The van der Waals surface area contributed by atoms with Crippen LogP contribution in [0.4, 0.5) is 11.6 Å². The fourth-order valence-electron chi connectivity index (χ4n) is 3.24. The molecule has 0 atom stereocenters. The molecule has 1 aliphatic carbocycles. The summed E-state index contributed by atoms with van der Waals surface area (Å²) in [6.07, 6.45) is 9.89. The summed E-state index contributed by atoms with van der Waals surface area (Å²) in [5, 5.41) is 12.5. The molecule has 2 aromatic heterocycles. The van der Waals surface area contributed by atoms with Crippen molar-refractivity contribution in [2.24, 2.45) is 0 Å². The van der Waals surface area contributed by atoms with Crippen molar-refractivity contribution in [1.82, 2.24) is 19.9 Å². The van der Waals surface area contributed by atoms with Crippen molar-refractivity contribution in [3.8, 4) is 11.5 Å². The largest absolute Gasteiger partial charge is 0.505 e. The van der Waals surface area contributed by atoms with Gasteiger partial charge in [0.05, 0.1) is 24.0 Å². The predicted octanol–water partition coefficient (Wildman–Crippen LogP) is 2.51. The van der Waals surface area contributed by atoms with Gasteiger partial charge < -0.3 is 20.9 Å². The van der Waals surface area contributed by atoms with Gasteiger partial charge in [0, 0.05) is 30.2 Å². The molecule has 8 nitrogen and oxygen atoms in total. The number of hydrogen-bond donors (Lipinski definition) is 3. The Hall–Kier alpha value is -3.16. The monoisotopic (exact) mass is 352 g/mol. The number of benzene rings is 1. The molecule has 0 bridgehead atoms. The minimum absolute atomic E-state index is 0.0603. The van der Waals surface area contributed by atoms with Gasteiger partial charge in [0.15, 0.2) is 5.75 Å². The predicted molar refractivity (Wildman–Crippen MR) is 97.9 cm³/mol. The number of nitrogen functional groups attached to an aromatic ring is 1. The van der Waals surface area contributed by atoms with Crippen LogP contribution in [-0.4, -0.2) is 37.2 Å². The lowest BCUT2D eigenvalue weighted by Crippen LogP contribution is -2.31. The number of hydrogen-bond acceptors (Lipinski definition) is 8. The Morgan fingerprint density at radius 3 is 2.50 bits per heavy atom. The first-order valence-corrected chi connectivity index (χ1v) is 8.62. The van der Waals surface area contributed by atoms with Crippen molar-refractivity contribution in [3.63, 3.8) is 0 Å². The van der Waals surface area contributed by atoms with Crippen molar-refractivity contribution < 1.29 is 9.84 Å². The summed E-state index contributed by atoms with van der Waals surface area (Å²) < 4.78 is 6.19. The van der Waals surface area contributed by atoms with Gasteiger partial charge in [-0.15, -0.1) is 0 Å². The van der Waals surface area contributed by atoms with Crippen LogP contribution < -0.4 is 15.8 Å². The summed E-state index contributed by atoms with van der Waals surface area (Å²) >= 11 is 0. The van der Waals surface area contributed by atoms with Crippen molar-refractivity contribution in [1.29, 1.82) is 0 Å². The Labute approximate surface area is 150 Å². The van der Waals surface area contributed by atoms with Crippen LogP contribution >= 0.6 is 0 Å². The highest BCUT2D eigenvalue weighted by Crippen LogP contribution is 2.30. The van der Waals surface area contributed by atoms with E-state index in [9.17, 15) is 5.11 Å². The molecule has 1 aliphatic rings. The number of ether oxygens (including phenoxy) is 1. The molecule has 0 saturated heterocycles. The third-order valence-corrected chi connectivity index (χ3v) is 4.50. The highest BCUT2D eigenvalue weighted by Gasteiger charge is 2.23. The second-order valence-corrected chi connectivity index (χ2v) is 6.44. The van der Waals surface area contributed by atoms with Crippen LogP contribution in [0.1, 0.15) is 25.7 Å². The lowest BCUT2D eigenvalue weighted by Gasteiger charge is -2.29. The first-order valence-electron chi connectivity index (χ1n) is 8.62. The standard InChI is InChI=1S/C18H20N6O2/c19-11-7-15-17(21-6-5-20-15)16(8-11)26-14-3-1-12(2-4-14)24-18-22-9-13(25)10-23-18/h5-10,12,14,25H,1-4,19H2,(H,22,23,24). The zero-order chi connectivity index (χ0) is 17.9. The van der Waals surface area contributed by atoms with Crippen LogP contribution in [0.3, 0.4) is 0 Å². The Bertz CT molecular complexity index is 894. The van der Waals surface area contributed by atoms with Gasteiger partial charge in [-0.2, -0.15) is 0 Å². The highest BCUT2D eigenvalue weighted by molar-refractivity contribution is 5.84. The Morgan fingerprint density at radius 2 is 1.73 bits per heavy atom. The molecule has 8 heteroatoms. The number of anilines is 2. The van der Waals surface area contributed by atoms with Gasteiger partial charge in [0.1, 0.15) is 11.3 Å². The minimum atomic E-state index is 0.0603. The highest BCUT2D eigenvalue weighted by atomic mass is 16.5. The molecule has 0 spiro atoms. The summed E-state index contributed by atoms with van der Waals surface area (Å²) in [6.45, 7) is 0. The summed E-state index contributed by atoms with van der Waals surface area (Å²) in [6, 6.07) is 3.90. The van der Waals surface area contributed by atoms with Gasteiger partial charge in [-0.25, -0.2) is 15.0 Å². The average molecular weight is 352 g/mol. The molecule has 0 radical (unpaired) electrons. The fraction of sp³-hybridized carbons (Fsp3) is 0.333. The molecule has 26 heavy (non-hydrogen) atoms. The van der Waals surface area contributed by atoms with E-state index < -0.39 is 0 Å². The lowest BCUT2D eigenvalue weighted by molar-refractivity contribution is 0.152. The van der Waals surface area contributed by atoms with Gasteiger partial charge in [-0.3, -0.25) is 4.98 Å². The maximum Gasteiger partial charge on any atom is 0.223 e. The number of nitrogens with two attached hydrogens (primary N) is 1. The summed E-state index contributed by atoms with van der Waals surface area (Å²) in [7, 11) is 0. The molecular formula is C18H20N6O2. The Kier molecular flexibility index (Phi) is 4.39. The van der Waals surface area contributed by atoms with Gasteiger partial charge >= 0.3 is 0 Å².